The van der Waals surface area contributed by atoms with Crippen LogP contribution >= 0.6 is 15.9 Å². The number of aliphatic hydroxyl groups is 1. The van der Waals surface area contributed by atoms with Crippen molar-refractivity contribution < 1.29 is 13.5 Å². The molecule has 0 saturated carbocycles. The van der Waals surface area contributed by atoms with Gasteiger partial charge >= 0.3 is 0 Å². The van der Waals surface area contributed by atoms with E-state index in [0.717, 1.165) is 15.6 Å². The Balaban J connectivity index is 0.00000137. The maximum absolute atomic E-state index is 11.9. The first kappa shape index (κ1) is 17.6. The molecule has 18 heavy (non-hydrogen) atoms. The summed E-state index contributed by atoms with van der Waals surface area (Å²) in [5, 5.41) is 8.66. The highest BCUT2D eigenvalue weighted by atomic mass is 79.9. The highest BCUT2D eigenvalue weighted by molar-refractivity contribution is 9.10. The zero-order chi connectivity index (χ0) is 14.3. The van der Waals surface area contributed by atoms with Crippen LogP contribution in [0.2, 0.25) is 0 Å². The van der Waals surface area contributed by atoms with E-state index in [1.54, 1.807) is 12.1 Å². The predicted molar refractivity (Wildman–Crippen MR) is 78.7 cm³/mol. The Bertz CT molecular complexity index is 458. The Hall–Kier alpha value is -0.390. The molecule has 0 atom stereocenters. The van der Waals surface area contributed by atoms with Crippen LogP contribution in [0.5, 0.6) is 0 Å². The van der Waals surface area contributed by atoms with Crippen LogP contribution in [0.1, 0.15) is 31.4 Å². The van der Waals surface area contributed by atoms with Crippen molar-refractivity contribution in [2.75, 3.05) is 12.4 Å². The molecule has 0 saturated heterocycles. The molecule has 1 aromatic carbocycles. The molecule has 0 unspecified atom stereocenters. The van der Waals surface area contributed by atoms with Crippen LogP contribution in [0, 0.1) is 13.8 Å². The second-order valence-electron chi connectivity index (χ2n) is 3.77. The number of sulfone groups is 1. The second-order valence-corrected chi connectivity index (χ2v) is 6.67. The van der Waals surface area contributed by atoms with Gasteiger partial charge in [-0.1, -0.05) is 29.8 Å². The fourth-order valence-electron chi connectivity index (χ4n) is 1.46. The van der Waals surface area contributed by atoms with E-state index in [9.17, 15) is 8.42 Å². The fourth-order valence-corrected chi connectivity index (χ4v) is 3.14. The molecule has 0 radical (unpaired) electrons. The SMILES string of the molecule is CC.Cc1cc(S(=O)(=O)CCCO)cc(C)c1Br. The van der Waals surface area contributed by atoms with E-state index in [0.29, 0.717) is 4.90 Å². The van der Waals surface area contributed by atoms with Crippen LogP contribution < -0.4 is 0 Å². The quantitative estimate of drug-likeness (QED) is 0.918. The summed E-state index contributed by atoms with van der Waals surface area (Å²) >= 11 is 3.40. The molecule has 1 N–H and O–H groups in total. The molecule has 104 valence electrons. The Morgan fingerprint density at radius 2 is 1.61 bits per heavy atom. The van der Waals surface area contributed by atoms with Gasteiger partial charge in [0, 0.05) is 11.1 Å². The molecule has 0 aromatic heterocycles. The van der Waals surface area contributed by atoms with Crippen molar-refractivity contribution in [2.24, 2.45) is 0 Å². The van der Waals surface area contributed by atoms with Gasteiger partial charge in [0.05, 0.1) is 10.6 Å². The van der Waals surface area contributed by atoms with Gasteiger partial charge in [0.25, 0.3) is 0 Å². The Morgan fingerprint density at radius 3 is 2.00 bits per heavy atom. The summed E-state index contributed by atoms with van der Waals surface area (Å²) in [6, 6.07) is 3.31. The lowest BCUT2D eigenvalue weighted by atomic mass is 10.2. The van der Waals surface area contributed by atoms with Crippen molar-refractivity contribution in [2.45, 2.75) is 39.0 Å². The molecule has 5 heteroatoms. The molecule has 1 aromatic rings. The van der Waals surface area contributed by atoms with Crippen molar-refractivity contribution in [3.8, 4) is 0 Å². The number of hydrogen-bond acceptors (Lipinski definition) is 3. The topological polar surface area (TPSA) is 54.4 Å². The van der Waals surface area contributed by atoms with Crippen LogP contribution in [0.3, 0.4) is 0 Å². The number of aliphatic hydroxyl groups excluding tert-OH is 1. The first-order chi connectivity index (χ1) is 8.38. The van der Waals surface area contributed by atoms with Gasteiger partial charge in [-0.3, -0.25) is 0 Å². The summed E-state index contributed by atoms with van der Waals surface area (Å²) in [4.78, 5) is 0.333. The third kappa shape index (κ3) is 4.71. The van der Waals surface area contributed by atoms with Gasteiger partial charge in [0.15, 0.2) is 9.84 Å². The van der Waals surface area contributed by atoms with Gasteiger partial charge in [0.2, 0.25) is 0 Å². The molecule has 3 nitrogen and oxygen atoms in total. The number of aryl methyl sites for hydroxylation is 2. The van der Waals surface area contributed by atoms with Gasteiger partial charge in [-0.2, -0.15) is 0 Å². The van der Waals surface area contributed by atoms with Crippen molar-refractivity contribution in [1.82, 2.24) is 0 Å². The standard InChI is InChI=1S/C11H15BrO3S.C2H6/c1-8-6-10(7-9(2)11(8)12)16(14,15)5-3-4-13;1-2/h6-7,13H,3-5H2,1-2H3;1-2H3. The van der Waals surface area contributed by atoms with Crippen LogP contribution in [-0.2, 0) is 9.84 Å². The Kier molecular flexibility index (Phi) is 7.75. The van der Waals surface area contributed by atoms with Crippen molar-refractivity contribution in [1.29, 1.82) is 0 Å². The molecule has 0 spiro atoms. The van der Waals surface area contributed by atoms with E-state index in [1.165, 1.54) is 0 Å². The normalized spacial score (nSPS) is 10.8. The lowest BCUT2D eigenvalue weighted by Gasteiger charge is -2.08. The number of hydrogen-bond donors (Lipinski definition) is 1. The summed E-state index contributed by atoms with van der Waals surface area (Å²) in [7, 11) is -3.27. The van der Waals surface area contributed by atoms with Crippen LogP contribution in [0.25, 0.3) is 0 Å². The van der Waals surface area contributed by atoms with Gasteiger partial charge in [-0.05, 0) is 43.5 Å². The van der Waals surface area contributed by atoms with Crippen molar-refractivity contribution in [3.63, 3.8) is 0 Å². The predicted octanol–water partition coefficient (Wildman–Crippen LogP) is 3.25. The maximum Gasteiger partial charge on any atom is 0.178 e. The first-order valence-electron chi connectivity index (χ1n) is 5.99. The monoisotopic (exact) mass is 336 g/mol. The number of benzene rings is 1. The largest absolute Gasteiger partial charge is 0.396 e. The average Bonchev–Trinajstić information content (AvgIpc) is 2.35. The molecule has 0 aliphatic heterocycles. The number of rotatable bonds is 4. The summed E-state index contributed by atoms with van der Waals surface area (Å²) < 4.78 is 24.7. The molecular weight excluding hydrogens is 316 g/mol. The molecule has 0 fully saturated rings. The smallest absolute Gasteiger partial charge is 0.178 e. The summed E-state index contributed by atoms with van der Waals surface area (Å²) in [6.45, 7) is 7.62. The summed E-state index contributed by atoms with van der Waals surface area (Å²) in [5.74, 6) is -0.00991. The molecular formula is C13H21BrO3S. The molecule has 0 heterocycles. The third-order valence-electron chi connectivity index (χ3n) is 2.34. The average molecular weight is 337 g/mol. The second kappa shape index (κ2) is 7.92. The number of halogens is 1. The fraction of sp³-hybridized carbons (Fsp3) is 0.538. The Labute approximate surface area is 118 Å². The molecule has 0 aliphatic rings. The van der Waals surface area contributed by atoms with Crippen LogP contribution in [0.4, 0.5) is 0 Å². The van der Waals surface area contributed by atoms with Gasteiger partial charge in [-0.15, -0.1) is 0 Å². The molecule has 1 rings (SSSR count). The van der Waals surface area contributed by atoms with Crippen LogP contribution in [-0.4, -0.2) is 25.9 Å². The molecule has 0 amide bonds. The van der Waals surface area contributed by atoms with E-state index < -0.39 is 9.84 Å². The van der Waals surface area contributed by atoms with E-state index >= 15 is 0 Å². The zero-order valence-corrected chi connectivity index (χ0v) is 13.7. The lowest BCUT2D eigenvalue weighted by molar-refractivity contribution is 0.295. The van der Waals surface area contributed by atoms with E-state index in [-0.39, 0.29) is 18.8 Å². The van der Waals surface area contributed by atoms with Crippen LogP contribution in [0.15, 0.2) is 21.5 Å². The maximum atomic E-state index is 11.9. The molecule has 0 bridgehead atoms. The van der Waals surface area contributed by atoms with Crippen molar-refractivity contribution >= 4 is 25.8 Å². The minimum atomic E-state index is -3.27. The van der Waals surface area contributed by atoms with Crippen molar-refractivity contribution in [3.05, 3.63) is 27.7 Å². The van der Waals surface area contributed by atoms with Gasteiger partial charge in [0.1, 0.15) is 0 Å². The van der Waals surface area contributed by atoms with E-state index in [4.69, 9.17) is 5.11 Å². The van der Waals surface area contributed by atoms with E-state index in [1.807, 2.05) is 27.7 Å². The van der Waals surface area contributed by atoms with E-state index in [2.05, 4.69) is 15.9 Å². The lowest BCUT2D eigenvalue weighted by Crippen LogP contribution is -2.09. The summed E-state index contributed by atoms with van der Waals surface area (Å²) in [6.07, 6.45) is 0.274. The first-order valence-corrected chi connectivity index (χ1v) is 8.43. The van der Waals surface area contributed by atoms with Gasteiger partial charge in [-0.25, -0.2) is 8.42 Å². The minimum Gasteiger partial charge on any atom is -0.396 e. The Morgan fingerprint density at radius 1 is 1.17 bits per heavy atom. The third-order valence-corrected chi connectivity index (χ3v) is 5.37. The highest BCUT2D eigenvalue weighted by Gasteiger charge is 2.15. The summed E-state index contributed by atoms with van der Waals surface area (Å²) in [5.41, 5.74) is 1.81. The zero-order valence-electron chi connectivity index (χ0n) is 11.3. The molecule has 0 aliphatic carbocycles. The highest BCUT2D eigenvalue weighted by Crippen LogP contribution is 2.25. The minimum absolute atomic E-state index is 0.00991. The van der Waals surface area contributed by atoms with Gasteiger partial charge < -0.3 is 5.11 Å².